The fraction of sp³-hybridized carbons (Fsp3) is 0.625. The van der Waals surface area contributed by atoms with E-state index in [2.05, 4.69) is 15.0 Å². The average molecular weight is 366 g/mol. The highest BCUT2D eigenvalue weighted by Gasteiger charge is 2.48. The second-order valence-electron chi connectivity index (χ2n) is 7.07. The molecular formula is C16H22N4O6. The van der Waals surface area contributed by atoms with Gasteiger partial charge in [0.15, 0.2) is 23.5 Å². The first-order chi connectivity index (χ1) is 12.3. The standard InChI is InChI=1S/C16H22N4O6/c1-16(2,3)15(23)26-11-10(22)8(5-21)25-14(11)20-7-19-9-12(20)17-6-18-13(9)24-4/h6-8,10-11,14,21-22H,5H2,1-4H3/t8-,10-,11+,14-/m1/s1. The molecule has 1 saturated heterocycles. The van der Waals surface area contributed by atoms with Gasteiger partial charge in [-0.05, 0) is 20.8 Å². The Bertz CT molecular complexity index is 802. The molecule has 0 unspecified atom stereocenters. The SMILES string of the molecule is COc1ncnc2c1ncn2[C@@H]1O[C@H](CO)[C@@H](O)[C@@H]1OC(=O)C(C)(C)C. The van der Waals surface area contributed by atoms with Gasteiger partial charge < -0.3 is 24.4 Å². The number of carbonyl (C=O) groups is 1. The van der Waals surface area contributed by atoms with Crippen molar-refractivity contribution < 1.29 is 29.2 Å². The van der Waals surface area contributed by atoms with Gasteiger partial charge in [0.05, 0.1) is 25.5 Å². The summed E-state index contributed by atoms with van der Waals surface area (Å²) in [4.78, 5) is 24.7. The maximum Gasteiger partial charge on any atom is 0.311 e. The molecule has 0 spiro atoms. The van der Waals surface area contributed by atoms with Gasteiger partial charge in [-0.25, -0.2) is 9.97 Å². The number of ether oxygens (including phenoxy) is 3. The smallest absolute Gasteiger partial charge is 0.311 e. The first kappa shape index (κ1) is 18.5. The van der Waals surface area contributed by atoms with Gasteiger partial charge in [0, 0.05) is 0 Å². The molecule has 2 N–H and O–H groups in total. The number of carbonyl (C=O) groups excluding carboxylic acids is 1. The highest BCUT2D eigenvalue weighted by atomic mass is 16.6. The summed E-state index contributed by atoms with van der Waals surface area (Å²) in [5.41, 5.74) is 0.0372. The lowest BCUT2D eigenvalue weighted by molar-refractivity contribution is -0.167. The Balaban J connectivity index is 2.00. The number of hydrogen-bond donors (Lipinski definition) is 2. The van der Waals surface area contributed by atoms with Gasteiger partial charge in [0.25, 0.3) is 0 Å². The third kappa shape index (κ3) is 3.11. The van der Waals surface area contributed by atoms with E-state index in [0.717, 1.165) is 0 Å². The molecular weight excluding hydrogens is 344 g/mol. The molecule has 0 bridgehead atoms. The molecule has 2 aromatic rings. The van der Waals surface area contributed by atoms with Crippen LogP contribution in [0, 0.1) is 5.41 Å². The van der Waals surface area contributed by atoms with E-state index in [1.807, 2.05) is 0 Å². The van der Waals surface area contributed by atoms with E-state index in [4.69, 9.17) is 14.2 Å². The largest absolute Gasteiger partial charge is 0.479 e. The molecule has 2 aromatic heterocycles. The number of hydrogen-bond acceptors (Lipinski definition) is 9. The third-order valence-electron chi connectivity index (χ3n) is 4.14. The van der Waals surface area contributed by atoms with E-state index < -0.39 is 42.5 Å². The van der Waals surface area contributed by atoms with Crippen LogP contribution in [0.1, 0.15) is 27.0 Å². The van der Waals surface area contributed by atoms with Crippen LogP contribution < -0.4 is 4.74 Å². The summed E-state index contributed by atoms with van der Waals surface area (Å²) in [5.74, 6) is -0.209. The second-order valence-corrected chi connectivity index (χ2v) is 7.07. The first-order valence-electron chi connectivity index (χ1n) is 8.15. The van der Waals surface area contributed by atoms with Crippen molar-refractivity contribution >= 4 is 17.1 Å². The summed E-state index contributed by atoms with van der Waals surface area (Å²) < 4.78 is 17.9. The minimum atomic E-state index is -1.20. The molecule has 0 saturated carbocycles. The number of aliphatic hydroxyl groups is 2. The van der Waals surface area contributed by atoms with Crippen LogP contribution >= 0.6 is 0 Å². The Morgan fingerprint density at radius 2 is 2.08 bits per heavy atom. The van der Waals surface area contributed by atoms with E-state index in [1.165, 1.54) is 24.3 Å². The van der Waals surface area contributed by atoms with Crippen LogP contribution in [0.3, 0.4) is 0 Å². The van der Waals surface area contributed by atoms with Crippen LogP contribution in [0.25, 0.3) is 11.2 Å². The third-order valence-corrected chi connectivity index (χ3v) is 4.14. The molecule has 142 valence electrons. The zero-order valence-electron chi connectivity index (χ0n) is 15.0. The number of aliphatic hydroxyl groups excluding tert-OH is 2. The summed E-state index contributed by atoms with van der Waals surface area (Å²) in [5, 5.41) is 19.9. The lowest BCUT2D eigenvalue weighted by atomic mass is 9.97. The fourth-order valence-corrected chi connectivity index (χ4v) is 2.69. The monoisotopic (exact) mass is 366 g/mol. The van der Waals surface area contributed by atoms with Gasteiger partial charge in [0.2, 0.25) is 5.88 Å². The van der Waals surface area contributed by atoms with Crippen LogP contribution in [0.4, 0.5) is 0 Å². The van der Waals surface area contributed by atoms with E-state index in [-0.39, 0.29) is 5.88 Å². The van der Waals surface area contributed by atoms with Crippen molar-refractivity contribution in [2.24, 2.45) is 5.41 Å². The molecule has 1 aliphatic heterocycles. The van der Waals surface area contributed by atoms with Crippen LogP contribution in [-0.4, -0.2) is 67.7 Å². The molecule has 0 aliphatic carbocycles. The van der Waals surface area contributed by atoms with Gasteiger partial charge in [0.1, 0.15) is 18.5 Å². The topological polar surface area (TPSA) is 129 Å². The van der Waals surface area contributed by atoms with Crippen molar-refractivity contribution in [2.45, 2.75) is 45.3 Å². The Hall–Kier alpha value is -2.30. The molecule has 10 heteroatoms. The van der Waals surface area contributed by atoms with Gasteiger partial charge in [-0.1, -0.05) is 0 Å². The van der Waals surface area contributed by atoms with Crippen molar-refractivity contribution in [3.05, 3.63) is 12.7 Å². The van der Waals surface area contributed by atoms with Gasteiger partial charge in [-0.2, -0.15) is 4.98 Å². The predicted molar refractivity (Wildman–Crippen MR) is 88.2 cm³/mol. The van der Waals surface area contributed by atoms with Gasteiger partial charge >= 0.3 is 5.97 Å². The van der Waals surface area contributed by atoms with Gasteiger partial charge in [-0.15, -0.1) is 0 Å². The molecule has 1 aliphatic rings. The molecule has 0 radical (unpaired) electrons. The van der Waals surface area contributed by atoms with Crippen molar-refractivity contribution in [1.82, 2.24) is 19.5 Å². The summed E-state index contributed by atoms with van der Waals surface area (Å²) in [7, 11) is 1.46. The minimum Gasteiger partial charge on any atom is -0.479 e. The first-order valence-corrected chi connectivity index (χ1v) is 8.15. The number of aromatic nitrogens is 4. The predicted octanol–water partition coefficient (Wildman–Crippen LogP) is 0.0434. The normalized spacial score (nSPS) is 26.2. The van der Waals surface area contributed by atoms with E-state index in [9.17, 15) is 15.0 Å². The molecule has 26 heavy (non-hydrogen) atoms. The summed E-state index contributed by atoms with van der Waals surface area (Å²) in [6.45, 7) is 4.70. The Morgan fingerprint density at radius 1 is 1.35 bits per heavy atom. The molecule has 0 amide bonds. The number of fused-ring (bicyclic) bond motifs is 1. The fourth-order valence-electron chi connectivity index (χ4n) is 2.69. The zero-order chi connectivity index (χ0) is 19.1. The number of rotatable bonds is 4. The molecule has 3 rings (SSSR count). The van der Waals surface area contributed by atoms with Crippen LogP contribution in [0.2, 0.25) is 0 Å². The Kier molecular flexibility index (Phi) is 4.82. The van der Waals surface area contributed by atoms with E-state index >= 15 is 0 Å². The number of methoxy groups -OCH3 is 1. The van der Waals surface area contributed by atoms with Crippen molar-refractivity contribution in [3.63, 3.8) is 0 Å². The summed E-state index contributed by atoms with van der Waals surface area (Å²) in [6, 6.07) is 0. The molecule has 3 heterocycles. The van der Waals surface area contributed by atoms with Crippen molar-refractivity contribution in [1.29, 1.82) is 0 Å². The number of nitrogens with zero attached hydrogens (tertiary/aromatic N) is 4. The van der Waals surface area contributed by atoms with E-state index in [0.29, 0.717) is 11.2 Å². The summed E-state index contributed by atoms with van der Waals surface area (Å²) in [6.07, 6.45) is -1.28. The quantitative estimate of drug-likeness (QED) is 0.721. The molecule has 0 aromatic carbocycles. The molecule has 10 nitrogen and oxygen atoms in total. The second kappa shape index (κ2) is 6.78. The minimum absolute atomic E-state index is 0.286. The highest BCUT2D eigenvalue weighted by Crippen LogP contribution is 2.35. The summed E-state index contributed by atoms with van der Waals surface area (Å²) >= 11 is 0. The maximum atomic E-state index is 12.3. The van der Waals surface area contributed by atoms with Crippen LogP contribution in [0.15, 0.2) is 12.7 Å². The van der Waals surface area contributed by atoms with Crippen LogP contribution in [0.5, 0.6) is 5.88 Å². The lowest BCUT2D eigenvalue weighted by Crippen LogP contribution is -2.39. The van der Waals surface area contributed by atoms with Crippen molar-refractivity contribution in [2.75, 3.05) is 13.7 Å². The maximum absolute atomic E-state index is 12.3. The number of imidazole rings is 1. The molecule has 4 atom stereocenters. The van der Waals surface area contributed by atoms with Gasteiger partial charge in [-0.3, -0.25) is 9.36 Å². The lowest BCUT2D eigenvalue weighted by Gasteiger charge is -2.25. The van der Waals surface area contributed by atoms with E-state index in [1.54, 1.807) is 20.8 Å². The number of esters is 1. The van der Waals surface area contributed by atoms with Crippen molar-refractivity contribution in [3.8, 4) is 5.88 Å². The highest BCUT2D eigenvalue weighted by molar-refractivity contribution is 5.76. The average Bonchev–Trinajstić information content (AvgIpc) is 3.15. The Labute approximate surface area is 149 Å². The van der Waals surface area contributed by atoms with Crippen LogP contribution in [-0.2, 0) is 14.3 Å². The Morgan fingerprint density at radius 3 is 2.69 bits per heavy atom. The molecule has 1 fully saturated rings. The zero-order valence-corrected chi connectivity index (χ0v) is 15.0.